The van der Waals surface area contributed by atoms with E-state index in [-0.39, 0.29) is 1.43 Å². The van der Waals surface area contributed by atoms with E-state index in [1.54, 1.807) is 0 Å². The largest absolute Gasteiger partial charge is 0.317 e. The summed E-state index contributed by atoms with van der Waals surface area (Å²) in [6, 6.07) is 0.683. The minimum atomic E-state index is 0. The zero-order chi connectivity index (χ0) is 7.11. The van der Waals surface area contributed by atoms with Gasteiger partial charge >= 0.3 is 0 Å². The van der Waals surface area contributed by atoms with E-state index in [2.05, 4.69) is 18.8 Å². The van der Waals surface area contributed by atoms with Gasteiger partial charge in [0, 0.05) is 7.47 Å². The third-order valence-electron chi connectivity index (χ3n) is 1.62. The van der Waals surface area contributed by atoms with Crippen molar-refractivity contribution in [3.8, 4) is 0 Å². The van der Waals surface area contributed by atoms with Gasteiger partial charge in [0.15, 0.2) is 0 Å². The molecule has 0 radical (unpaired) electrons. The number of rotatable bonds is 5. The fraction of sp³-hybridized carbons (Fsp3) is 0.750. The first-order chi connectivity index (χ1) is 4.35. The van der Waals surface area contributed by atoms with Crippen LogP contribution in [0.5, 0.6) is 0 Å². The third-order valence-corrected chi connectivity index (χ3v) is 1.62. The predicted octanol–water partition coefficient (Wildman–Crippen LogP) is 2.20. The molecule has 0 aliphatic rings. The Morgan fingerprint density at radius 1 is 1.78 bits per heavy atom. The van der Waals surface area contributed by atoms with Crippen molar-refractivity contribution in [2.24, 2.45) is 0 Å². The Balaban J connectivity index is 0. The van der Waals surface area contributed by atoms with E-state index in [0.717, 1.165) is 6.42 Å². The molecule has 0 rings (SSSR count). The minimum absolute atomic E-state index is 0. The van der Waals surface area contributed by atoms with Crippen LogP contribution in [-0.2, 0) is 0 Å². The quantitative estimate of drug-likeness (QED) is 0.561. The predicted molar refractivity (Wildman–Crippen MR) is 44.7 cm³/mol. The summed E-state index contributed by atoms with van der Waals surface area (Å²) in [6.45, 7) is 5.87. The SMILES string of the molecule is C=CCC[C@H](CC)NC.[HH]. The van der Waals surface area contributed by atoms with Crippen LogP contribution < -0.4 is 5.32 Å². The van der Waals surface area contributed by atoms with E-state index in [4.69, 9.17) is 0 Å². The van der Waals surface area contributed by atoms with E-state index >= 15 is 0 Å². The van der Waals surface area contributed by atoms with Crippen molar-refractivity contribution in [1.82, 2.24) is 5.32 Å². The smallest absolute Gasteiger partial charge is 0.00643 e. The molecular formula is C8H19N. The van der Waals surface area contributed by atoms with Crippen molar-refractivity contribution in [3.05, 3.63) is 12.7 Å². The maximum absolute atomic E-state index is 3.67. The van der Waals surface area contributed by atoms with Crippen molar-refractivity contribution >= 4 is 0 Å². The van der Waals surface area contributed by atoms with Gasteiger partial charge in [0.1, 0.15) is 0 Å². The van der Waals surface area contributed by atoms with Crippen LogP contribution in [0.15, 0.2) is 12.7 Å². The second-order valence-corrected chi connectivity index (χ2v) is 2.26. The molecule has 1 N–H and O–H groups in total. The van der Waals surface area contributed by atoms with Gasteiger partial charge in [-0.15, -0.1) is 6.58 Å². The summed E-state index contributed by atoms with van der Waals surface area (Å²) in [5.74, 6) is 0. The van der Waals surface area contributed by atoms with Crippen LogP contribution in [0.1, 0.15) is 27.6 Å². The second kappa shape index (κ2) is 5.83. The van der Waals surface area contributed by atoms with Gasteiger partial charge in [0.05, 0.1) is 0 Å². The van der Waals surface area contributed by atoms with Gasteiger partial charge in [0.2, 0.25) is 0 Å². The first-order valence-electron chi connectivity index (χ1n) is 3.63. The van der Waals surface area contributed by atoms with Crippen molar-refractivity contribution in [2.45, 2.75) is 32.2 Å². The zero-order valence-electron chi connectivity index (χ0n) is 6.48. The molecule has 1 atom stereocenters. The molecule has 0 spiro atoms. The van der Waals surface area contributed by atoms with Crippen LogP contribution in [0.2, 0.25) is 0 Å². The first kappa shape index (κ1) is 8.70. The molecule has 0 saturated heterocycles. The highest BCUT2D eigenvalue weighted by Gasteiger charge is 1.98. The highest BCUT2D eigenvalue weighted by atomic mass is 14.9. The molecule has 56 valence electrons. The van der Waals surface area contributed by atoms with Gasteiger partial charge in [-0.3, -0.25) is 0 Å². The topological polar surface area (TPSA) is 12.0 Å². The van der Waals surface area contributed by atoms with E-state index in [0.29, 0.717) is 6.04 Å². The summed E-state index contributed by atoms with van der Waals surface area (Å²) in [4.78, 5) is 0. The van der Waals surface area contributed by atoms with Gasteiger partial charge in [-0.1, -0.05) is 13.0 Å². The Morgan fingerprint density at radius 3 is 2.78 bits per heavy atom. The Hall–Kier alpha value is -0.300. The average Bonchev–Trinajstić information content (AvgIpc) is 1.91. The molecule has 0 saturated carbocycles. The molecular weight excluding hydrogens is 110 g/mol. The maximum atomic E-state index is 3.67. The van der Waals surface area contributed by atoms with Gasteiger partial charge < -0.3 is 5.32 Å². The Morgan fingerprint density at radius 2 is 2.44 bits per heavy atom. The van der Waals surface area contributed by atoms with Crippen molar-refractivity contribution < 1.29 is 1.43 Å². The number of nitrogens with one attached hydrogen (secondary N) is 1. The van der Waals surface area contributed by atoms with Crippen LogP contribution in [0, 0.1) is 0 Å². The van der Waals surface area contributed by atoms with Gasteiger partial charge in [-0.25, -0.2) is 0 Å². The molecule has 0 heterocycles. The molecule has 0 aromatic rings. The lowest BCUT2D eigenvalue weighted by Gasteiger charge is -2.10. The number of allylic oxidation sites excluding steroid dienone is 1. The van der Waals surface area contributed by atoms with E-state index < -0.39 is 0 Å². The van der Waals surface area contributed by atoms with Crippen LogP contribution in [0.3, 0.4) is 0 Å². The molecule has 0 amide bonds. The van der Waals surface area contributed by atoms with Crippen molar-refractivity contribution in [2.75, 3.05) is 7.05 Å². The number of hydrogen-bond donors (Lipinski definition) is 1. The van der Waals surface area contributed by atoms with Crippen LogP contribution in [-0.4, -0.2) is 13.1 Å². The van der Waals surface area contributed by atoms with Gasteiger partial charge in [0.25, 0.3) is 0 Å². The molecule has 0 aromatic heterocycles. The molecule has 0 aliphatic heterocycles. The summed E-state index contributed by atoms with van der Waals surface area (Å²) in [5, 5.41) is 3.24. The van der Waals surface area contributed by atoms with E-state index in [9.17, 15) is 0 Å². The minimum Gasteiger partial charge on any atom is -0.317 e. The van der Waals surface area contributed by atoms with Crippen molar-refractivity contribution in [1.29, 1.82) is 0 Å². The standard InChI is InChI=1S/C8H17N.H2/c1-4-6-7-8(5-2)9-3;/h4,8-9H,1,5-7H2,2-3H3;1H/t8-;/m0./s1. The third kappa shape index (κ3) is 4.22. The fourth-order valence-corrected chi connectivity index (χ4v) is 0.872. The zero-order valence-corrected chi connectivity index (χ0v) is 6.48. The Kier molecular flexibility index (Phi) is 5.64. The van der Waals surface area contributed by atoms with Crippen molar-refractivity contribution in [3.63, 3.8) is 0 Å². The maximum Gasteiger partial charge on any atom is 0.00643 e. The summed E-state index contributed by atoms with van der Waals surface area (Å²) >= 11 is 0. The van der Waals surface area contributed by atoms with Crippen LogP contribution in [0.25, 0.3) is 0 Å². The summed E-state index contributed by atoms with van der Waals surface area (Å²) < 4.78 is 0. The molecule has 0 fully saturated rings. The lowest BCUT2D eigenvalue weighted by Crippen LogP contribution is -2.23. The fourth-order valence-electron chi connectivity index (χ4n) is 0.872. The van der Waals surface area contributed by atoms with E-state index in [1.807, 2.05) is 13.1 Å². The normalized spacial score (nSPS) is 13.1. The Bertz CT molecular complexity index is 69.7. The monoisotopic (exact) mass is 129 g/mol. The highest BCUT2D eigenvalue weighted by molar-refractivity contribution is 4.71. The summed E-state index contributed by atoms with van der Waals surface area (Å²) in [6.07, 6.45) is 5.53. The molecule has 0 bridgehead atoms. The van der Waals surface area contributed by atoms with Gasteiger partial charge in [-0.2, -0.15) is 0 Å². The molecule has 0 unspecified atom stereocenters. The van der Waals surface area contributed by atoms with E-state index in [1.165, 1.54) is 12.8 Å². The lowest BCUT2D eigenvalue weighted by molar-refractivity contribution is 0.513. The highest BCUT2D eigenvalue weighted by Crippen LogP contribution is 1.99. The molecule has 0 aliphatic carbocycles. The second-order valence-electron chi connectivity index (χ2n) is 2.26. The van der Waals surface area contributed by atoms with Crippen LogP contribution >= 0.6 is 0 Å². The average molecular weight is 129 g/mol. The molecule has 1 nitrogen and oxygen atoms in total. The Labute approximate surface area is 59.6 Å². The molecule has 9 heavy (non-hydrogen) atoms. The molecule has 0 aromatic carbocycles. The first-order valence-corrected chi connectivity index (χ1v) is 3.63. The molecule has 1 heteroatoms. The lowest BCUT2D eigenvalue weighted by atomic mass is 10.1. The summed E-state index contributed by atoms with van der Waals surface area (Å²) in [5.41, 5.74) is 0. The number of hydrogen-bond acceptors (Lipinski definition) is 1. The van der Waals surface area contributed by atoms with Gasteiger partial charge in [-0.05, 0) is 26.3 Å². The van der Waals surface area contributed by atoms with Crippen LogP contribution in [0.4, 0.5) is 0 Å². The summed E-state index contributed by atoms with van der Waals surface area (Å²) in [7, 11) is 2.01.